The molecule has 0 saturated heterocycles. The van der Waals surface area contributed by atoms with Crippen LogP contribution < -0.4 is 0 Å². The highest BCUT2D eigenvalue weighted by atomic mass is 16.5. The van der Waals surface area contributed by atoms with Crippen LogP contribution in [-0.4, -0.2) is 12.9 Å². The van der Waals surface area contributed by atoms with Gasteiger partial charge in [-0.05, 0) is 35.6 Å². The minimum atomic E-state index is 0.0555. The molecule has 0 aliphatic carbocycles. The summed E-state index contributed by atoms with van der Waals surface area (Å²) in [4.78, 5) is 10.9. The highest BCUT2D eigenvalue weighted by Crippen LogP contribution is 2.24. The number of ether oxygens (including phenoxy) is 1. The molecule has 1 rings (SSSR count). The molecule has 16 heavy (non-hydrogen) atoms. The molecule has 0 N–H and O–H groups in total. The van der Waals surface area contributed by atoms with Gasteiger partial charge in [0.25, 0.3) is 0 Å². The average molecular weight is 220 g/mol. The fourth-order valence-electron chi connectivity index (χ4n) is 1.52. The molecule has 88 valence electrons. The van der Waals surface area contributed by atoms with Crippen molar-refractivity contribution in [2.45, 2.75) is 39.7 Å². The molecule has 1 aromatic rings. The van der Waals surface area contributed by atoms with Crippen molar-refractivity contribution >= 4 is 6.29 Å². The lowest BCUT2D eigenvalue weighted by Gasteiger charge is -2.20. The van der Waals surface area contributed by atoms with Crippen LogP contribution in [0, 0.1) is 0 Å². The molecule has 1 aromatic carbocycles. The number of hydrogen-bond acceptors (Lipinski definition) is 2. The van der Waals surface area contributed by atoms with Crippen molar-refractivity contribution in [2.75, 3.05) is 6.61 Å². The standard InChI is InChI=1S/C14H20O2/c1-5-16-10-12-6-11(9-15)7-13(8-12)14(2,3)4/h6-9H,5,10H2,1-4H3. The van der Waals surface area contributed by atoms with Gasteiger partial charge >= 0.3 is 0 Å². The predicted octanol–water partition coefficient (Wildman–Crippen LogP) is 3.33. The van der Waals surface area contributed by atoms with E-state index < -0.39 is 0 Å². The van der Waals surface area contributed by atoms with Crippen LogP contribution in [0.1, 0.15) is 49.2 Å². The van der Waals surface area contributed by atoms with E-state index in [1.807, 2.05) is 19.1 Å². The summed E-state index contributed by atoms with van der Waals surface area (Å²) in [7, 11) is 0. The zero-order valence-corrected chi connectivity index (χ0v) is 10.5. The Kier molecular flexibility index (Phi) is 4.25. The molecule has 0 fully saturated rings. The van der Waals surface area contributed by atoms with Crippen molar-refractivity contribution in [1.82, 2.24) is 0 Å². The summed E-state index contributed by atoms with van der Waals surface area (Å²) >= 11 is 0. The highest BCUT2D eigenvalue weighted by Gasteiger charge is 2.15. The summed E-state index contributed by atoms with van der Waals surface area (Å²) in [6, 6.07) is 5.95. The molecule has 0 aliphatic heterocycles. The van der Waals surface area contributed by atoms with Gasteiger partial charge in [-0.25, -0.2) is 0 Å². The quantitative estimate of drug-likeness (QED) is 0.727. The molecule has 0 amide bonds. The number of carbonyl (C=O) groups excluding carboxylic acids is 1. The molecule has 2 heteroatoms. The molecule has 2 nitrogen and oxygen atoms in total. The second kappa shape index (κ2) is 5.26. The SMILES string of the molecule is CCOCc1cc(C=O)cc(C(C)(C)C)c1. The molecule has 0 saturated carbocycles. The summed E-state index contributed by atoms with van der Waals surface area (Å²) in [5, 5.41) is 0. The van der Waals surface area contributed by atoms with E-state index in [4.69, 9.17) is 4.74 Å². The fourth-order valence-corrected chi connectivity index (χ4v) is 1.52. The van der Waals surface area contributed by atoms with Crippen LogP contribution in [0.15, 0.2) is 18.2 Å². The summed E-state index contributed by atoms with van der Waals surface area (Å²) in [6.45, 7) is 9.65. The van der Waals surface area contributed by atoms with Gasteiger partial charge in [0.15, 0.2) is 0 Å². The zero-order chi connectivity index (χ0) is 12.2. The van der Waals surface area contributed by atoms with E-state index in [1.165, 1.54) is 5.56 Å². The second-order valence-electron chi connectivity index (χ2n) is 4.97. The first-order valence-electron chi connectivity index (χ1n) is 5.64. The smallest absolute Gasteiger partial charge is 0.150 e. The lowest BCUT2D eigenvalue weighted by molar-refractivity contribution is 0.112. The summed E-state index contributed by atoms with van der Waals surface area (Å²) < 4.78 is 5.37. The third kappa shape index (κ3) is 3.46. The maximum Gasteiger partial charge on any atom is 0.150 e. The van der Waals surface area contributed by atoms with Gasteiger partial charge in [0.05, 0.1) is 6.61 Å². The maximum atomic E-state index is 10.9. The third-order valence-corrected chi connectivity index (χ3v) is 2.49. The van der Waals surface area contributed by atoms with Gasteiger partial charge in [-0.1, -0.05) is 26.8 Å². The number of hydrogen-bond donors (Lipinski definition) is 0. The van der Waals surface area contributed by atoms with Crippen molar-refractivity contribution in [2.24, 2.45) is 0 Å². The summed E-state index contributed by atoms with van der Waals surface area (Å²) in [5.41, 5.74) is 3.02. The Morgan fingerprint density at radius 3 is 2.44 bits per heavy atom. The summed E-state index contributed by atoms with van der Waals surface area (Å²) in [6.07, 6.45) is 0.894. The van der Waals surface area contributed by atoms with Crippen LogP contribution in [0.4, 0.5) is 0 Å². The van der Waals surface area contributed by atoms with E-state index in [0.29, 0.717) is 13.2 Å². The van der Waals surface area contributed by atoms with Crippen molar-refractivity contribution < 1.29 is 9.53 Å². The Morgan fingerprint density at radius 2 is 1.94 bits per heavy atom. The minimum Gasteiger partial charge on any atom is -0.377 e. The molecule has 0 aromatic heterocycles. The summed E-state index contributed by atoms with van der Waals surface area (Å²) in [5.74, 6) is 0. The first-order chi connectivity index (χ1) is 7.47. The van der Waals surface area contributed by atoms with Crippen LogP contribution in [0.3, 0.4) is 0 Å². The first-order valence-corrected chi connectivity index (χ1v) is 5.64. The topological polar surface area (TPSA) is 26.3 Å². The van der Waals surface area contributed by atoms with Crippen molar-refractivity contribution in [1.29, 1.82) is 0 Å². The van der Waals surface area contributed by atoms with E-state index in [1.54, 1.807) is 0 Å². The van der Waals surface area contributed by atoms with Crippen LogP contribution in [-0.2, 0) is 16.8 Å². The maximum absolute atomic E-state index is 10.9. The fraction of sp³-hybridized carbons (Fsp3) is 0.500. The molecule has 0 aliphatic rings. The molecule has 0 radical (unpaired) electrons. The largest absolute Gasteiger partial charge is 0.377 e. The first kappa shape index (κ1) is 12.9. The molecular weight excluding hydrogens is 200 g/mol. The van der Waals surface area contributed by atoms with E-state index in [2.05, 4.69) is 26.8 Å². The lowest BCUT2D eigenvalue weighted by Crippen LogP contribution is -2.12. The Hall–Kier alpha value is -1.15. The van der Waals surface area contributed by atoms with Crippen molar-refractivity contribution in [3.8, 4) is 0 Å². The third-order valence-electron chi connectivity index (χ3n) is 2.49. The van der Waals surface area contributed by atoms with Crippen molar-refractivity contribution in [3.63, 3.8) is 0 Å². The monoisotopic (exact) mass is 220 g/mol. The normalized spacial score (nSPS) is 11.5. The van der Waals surface area contributed by atoms with Gasteiger partial charge in [-0.2, -0.15) is 0 Å². The average Bonchev–Trinajstić information content (AvgIpc) is 2.24. The molecule has 0 atom stereocenters. The van der Waals surface area contributed by atoms with Gasteiger partial charge < -0.3 is 4.74 Å². The van der Waals surface area contributed by atoms with Crippen molar-refractivity contribution in [3.05, 3.63) is 34.9 Å². The van der Waals surface area contributed by atoms with E-state index in [-0.39, 0.29) is 5.41 Å². The molecular formula is C14H20O2. The second-order valence-corrected chi connectivity index (χ2v) is 4.97. The number of carbonyl (C=O) groups is 1. The van der Waals surface area contributed by atoms with Gasteiger partial charge in [0, 0.05) is 12.2 Å². The molecule has 0 unspecified atom stereocenters. The zero-order valence-electron chi connectivity index (χ0n) is 10.5. The molecule has 0 bridgehead atoms. The minimum absolute atomic E-state index is 0.0555. The Balaban J connectivity index is 3.06. The van der Waals surface area contributed by atoms with Crippen LogP contribution >= 0.6 is 0 Å². The van der Waals surface area contributed by atoms with Crippen LogP contribution in [0.25, 0.3) is 0 Å². The lowest BCUT2D eigenvalue weighted by atomic mass is 9.85. The van der Waals surface area contributed by atoms with E-state index >= 15 is 0 Å². The van der Waals surface area contributed by atoms with Crippen LogP contribution in [0.2, 0.25) is 0 Å². The van der Waals surface area contributed by atoms with Crippen LogP contribution in [0.5, 0.6) is 0 Å². The predicted molar refractivity (Wildman–Crippen MR) is 65.9 cm³/mol. The highest BCUT2D eigenvalue weighted by molar-refractivity contribution is 5.75. The molecule has 0 spiro atoms. The van der Waals surface area contributed by atoms with Gasteiger partial charge in [-0.15, -0.1) is 0 Å². The number of benzene rings is 1. The van der Waals surface area contributed by atoms with Gasteiger partial charge in [0.2, 0.25) is 0 Å². The van der Waals surface area contributed by atoms with Gasteiger partial charge in [-0.3, -0.25) is 4.79 Å². The Bertz CT molecular complexity index is 361. The van der Waals surface area contributed by atoms with E-state index in [9.17, 15) is 4.79 Å². The van der Waals surface area contributed by atoms with E-state index in [0.717, 1.165) is 17.4 Å². The Morgan fingerprint density at radius 1 is 1.25 bits per heavy atom. The Labute approximate surface area is 97.6 Å². The number of aldehydes is 1. The van der Waals surface area contributed by atoms with Gasteiger partial charge in [0.1, 0.15) is 6.29 Å². The molecule has 0 heterocycles. The number of rotatable bonds is 4.